The highest BCUT2D eigenvalue weighted by molar-refractivity contribution is 7.87. The Morgan fingerprint density at radius 3 is 1.62 bits per heavy atom. The highest BCUT2D eigenvalue weighted by Gasteiger charge is 2.70. The lowest BCUT2D eigenvalue weighted by Gasteiger charge is -2.23. The van der Waals surface area contributed by atoms with Crippen LogP contribution >= 0.6 is 0 Å². The summed E-state index contributed by atoms with van der Waals surface area (Å²) in [6.45, 7) is 0. The van der Waals surface area contributed by atoms with Gasteiger partial charge >= 0.3 is 33.6 Å². The molecule has 0 amide bonds. The first-order valence-corrected chi connectivity index (χ1v) is 4.39. The van der Waals surface area contributed by atoms with Crippen molar-refractivity contribution in [3.05, 3.63) is 12.1 Å². The molecule has 0 bridgehead atoms. The molecule has 0 saturated carbocycles. The molecule has 0 heterocycles. The zero-order valence-corrected chi connectivity index (χ0v) is 7.54. The maximum Gasteiger partial charge on any atom is 0.480 e. The van der Waals surface area contributed by atoms with Gasteiger partial charge in [0.2, 0.25) is 0 Å². The average molecular weight is 278 g/mol. The molecule has 0 aromatic carbocycles. The molecule has 1 atom stereocenters. The van der Waals surface area contributed by atoms with Crippen LogP contribution in [-0.2, 0) is 14.9 Å². The molecule has 16 heavy (non-hydrogen) atoms. The summed E-state index contributed by atoms with van der Waals surface area (Å²) < 4.78 is 112. The van der Waals surface area contributed by atoms with Crippen LogP contribution in [0.2, 0.25) is 0 Å². The quantitative estimate of drug-likeness (QED) is 0.488. The molecule has 0 radical (unpaired) electrons. The van der Waals surface area contributed by atoms with Gasteiger partial charge in [0.05, 0.1) is 0 Å². The van der Waals surface area contributed by atoms with E-state index in [1.807, 2.05) is 0 Å². The summed E-state index contributed by atoms with van der Waals surface area (Å²) >= 11 is 0. The van der Waals surface area contributed by atoms with E-state index in [1.54, 1.807) is 0 Å². The van der Waals surface area contributed by atoms with E-state index < -0.39 is 33.6 Å². The van der Waals surface area contributed by atoms with Gasteiger partial charge in [-0.15, -0.1) is 0 Å². The van der Waals surface area contributed by atoms with Crippen molar-refractivity contribution < 1.29 is 48.4 Å². The van der Waals surface area contributed by atoms with Gasteiger partial charge in [0.25, 0.3) is 0 Å². The number of hydrogen-bond donors (Lipinski definition) is 1. The van der Waals surface area contributed by atoms with E-state index in [0.29, 0.717) is 0 Å². The van der Waals surface area contributed by atoms with Crippen molar-refractivity contribution >= 4 is 10.1 Å². The van der Waals surface area contributed by atoms with Crippen molar-refractivity contribution in [3.63, 3.8) is 0 Å². The second-order valence-electron chi connectivity index (χ2n) is 2.15. The van der Waals surface area contributed by atoms with E-state index in [2.05, 4.69) is 4.74 Å². The summed E-state index contributed by atoms with van der Waals surface area (Å²) in [6.07, 6.45) is -10.0. The fourth-order valence-corrected chi connectivity index (χ4v) is 0.882. The Hall–Kier alpha value is -1.04. The first-order chi connectivity index (χ1) is 6.83. The second kappa shape index (κ2) is 4.08. The van der Waals surface area contributed by atoms with Crippen LogP contribution in [0.3, 0.4) is 0 Å². The largest absolute Gasteiger partial charge is 0.480 e. The Kier molecular flexibility index (Phi) is 3.82. The molecule has 1 unspecified atom stereocenters. The van der Waals surface area contributed by atoms with Gasteiger partial charge in [0.1, 0.15) is 0 Å². The summed E-state index contributed by atoms with van der Waals surface area (Å²) in [4.78, 5) is 0. The van der Waals surface area contributed by atoms with E-state index in [0.717, 1.165) is 0 Å². The zero-order chi connectivity index (χ0) is 13.4. The van der Waals surface area contributed by atoms with Crippen molar-refractivity contribution in [2.45, 2.75) is 11.4 Å². The molecule has 0 spiro atoms. The summed E-state index contributed by atoms with van der Waals surface area (Å²) in [5.74, 6) is 0. The van der Waals surface area contributed by atoms with Crippen LogP contribution in [0.25, 0.3) is 0 Å². The van der Waals surface area contributed by atoms with Gasteiger partial charge < -0.3 is 4.74 Å². The van der Waals surface area contributed by atoms with Crippen LogP contribution in [0.15, 0.2) is 12.1 Å². The van der Waals surface area contributed by atoms with Crippen molar-refractivity contribution in [2.75, 3.05) is 0 Å². The van der Waals surface area contributed by atoms with Crippen LogP contribution in [-0.4, -0.2) is 24.3 Å². The molecule has 1 N–H and O–H groups in total. The van der Waals surface area contributed by atoms with Crippen LogP contribution < -0.4 is 0 Å². The first-order valence-electron chi connectivity index (χ1n) is 2.95. The maximum absolute atomic E-state index is 12.6. The van der Waals surface area contributed by atoms with Crippen molar-refractivity contribution in [1.82, 2.24) is 0 Å². The molecule has 0 aliphatic heterocycles. The van der Waals surface area contributed by atoms with E-state index in [4.69, 9.17) is 4.55 Å². The molecule has 0 rings (SSSR count). The number of halogens is 7. The predicted octanol–water partition coefficient (Wildman–Crippen LogP) is 2.11. The molecule has 96 valence electrons. The van der Waals surface area contributed by atoms with E-state index in [1.165, 1.54) is 0 Å². The minimum absolute atomic E-state index is 2.26. The lowest BCUT2D eigenvalue weighted by Crippen LogP contribution is -2.49. The zero-order valence-electron chi connectivity index (χ0n) is 6.73. The summed E-state index contributed by atoms with van der Waals surface area (Å²) in [5.41, 5.74) is 0. The van der Waals surface area contributed by atoms with Crippen molar-refractivity contribution in [1.29, 1.82) is 0 Å². The molecule has 0 aliphatic rings. The summed E-state index contributed by atoms with van der Waals surface area (Å²) in [5, 5.41) is -6.01. The molecule has 0 aromatic heterocycles. The number of ether oxygens (including phenoxy) is 1. The molecular formula is C4HF7O4S. The molecular weight excluding hydrogens is 277 g/mol. The van der Waals surface area contributed by atoms with E-state index in [-0.39, 0.29) is 0 Å². The molecule has 0 aliphatic carbocycles. The monoisotopic (exact) mass is 278 g/mol. The topological polar surface area (TPSA) is 63.6 Å². The predicted molar refractivity (Wildman–Crippen MR) is 32.9 cm³/mol. The first kappa shape index (κ1) is 15.0. The lowest BCUT2D eigenvalue weighted by molar-refractivity contribution is -0.286. The van der Waals surface area contributed by atoms with Gasteiger partial charge in [0.15, 0.2) is 0 Å². The maximum atomic E-state index is 12.6. The number of rotatable bonds is 3. The minimum atomic E-state index is -6.67. The molecule has 0 fully saturated rings. The van der Waals surface area contributed by atoms with Crippen molar-refractivity contribution in [3.8, 4) is 0 Å². The minimum Gasteiger partial charge on any atom is -0.407 e. The van der Waals surface area contributed by atoms with Crippen LogP contribution in [0, 0.1) is 0 Å². The Bertz CT molecular complexity index is 393. The van der Waals surface area contributed by atoms with Gasteiger partial charge in [-0.1, -0.05) is 0 Å². The standard InChI is InChI=1S/C4HF7O4S/c5-1(6)2(7)15-4(11,3(8,9)10)16(12,13)14/h(H,12,13,14). The third-order valence-corrected chi connectivity index (χ3v) is 2.02. The molecule has 4 nitrogen and oxygen atoms in total. The van der Waals surface area contributed by atoms with Crippen molar-refractivity contribution in [2.24, 2.45) is 0 Å². The van der Waals surface area contributed by atoms with E-state index in [9.17, 15) is 39.2 Å². The fraction of sp³-hybridized carbons (Fsp3) is 0.500. The molecule has 0 aromatic rings. The lowest BCUT2D eigenvalue weighted by atomic mass is 10.6. The summed E-state index contributed by atoms with van der Waals surface area (Å²) in [7, 11) is -6.67. The molecule has 12 heteroatoms. The third kappa shape index (κ3) is 2.75. The third-order valence-electron chi connectivity index (χ3n) is 1.04. The van der Waals surface area contributed by atoms with Gasteiger partial charge in [-0.2, -0.15) is 39.2 Å². The Morgan fingerprint density at radius 2 is 1.44 bits per heavy atom. The average Bonchev–Trinajstić information content (AvgIpc) is 1.99. The van der Waals surface area contributed by atoms with Crippen LogP contribution in [0.4, 0.5) is 30.7 Å². The van der Waals surface area contributed by atoms with Gasteiger partial charge in [-0.3, -0.25) is 4.55 Å². The van der Waals surface area contributed by atoms with Crippen LogP contribution in [0.5, 0.6) is 0 Å². The number of hydrogen-bond acceptors (Lipinski definition) is 3. The highest BCUT2D eigenvalue weighted by Crippen LogP contribution is 2.41. The highest BCUT2D eigenvalue weighted by atomic mass is 32.2. The fourth-order valence-electron chi connectivity index (χ4n) is 0.411. The molecule has 0 saturated heterocycles. The van der Waals surface area contributed by atoms with Gasteiger partial charge in [-0.05, 0) is 0 Å². The summed E-state index contributed by atoms with van der Waals surface area (Å²) in [6, 6.07) is -3.42. The van der Waals surface area contributed by atoms with E-state index >= 15 is 0 Å². The smallest absolute Gasteiger partial charge is 0.407 e. The normalized spacial score (nSPS) is 16.5. The Balaban J connectivity index is 5.58. The Morgan fingerprint density at radius 1 is 1.06 bits per heavy atom. The number of alkyl halides is 4. The SMILES string of the molecule is O=S(=O)(O)C(F)(OC(F)=C(F)F)C(F)(F)F. The van der Waals surface area contributed by atoms with Gasteiger partial charge in [-0.25, -0.2) is 0 Å². The van der Waals surface area contributed by atoms with Gasteiger partial charge in [0, 0.05) is 0 Å². The van der Waals surface area contributed by atoms with Crippen LogP contribution in [0.1, 0.15) is 0 Å². The Labute approximate surface area is 83.0 Å². The second-order valence-corrected chi connectivity index (χ2v) is 3.62.